The third-order valence-corrected chi connectivity index (χ3v) is 4.39. The Morgan fingerprint density at radius 3 is 2.60 bits per heavy atom. The van der Waals surface area contributed by atoms with Crippen LogP contribution in [0.2, 0.25) is 0 Å². The van der Waals surface area contributed by atoms with E-state index in [-0.39, 0.29) is 11.9 Å². The molecule has 0 saturated heterocycles. The van der Waals surface area contributed by atoms with Crippen molar-refractivity contribution in [3.8, 4) is 5.75 Å². The molecule has 130 valence electrons. The Bertz CT molecular complexity index is 868. The highest BCUT2D eigenvalue weighted by Gasteiger charge is 2.16. The maximum absolute atomic E-state index is 12.3. The number of aryl methyl sites for hydroxylation is 2. The highest BCUT2D eigenvalue weighted by Crippen LogP contribution is 2.19. The number of carbonyl (C=O) groups is 1. The fraction of sp³-hybridized carbons (Fsp3) is 0.300. The van der Waals surface area contributed by atoms with Gasteiger partial charge >= 0.3 is 0 Å². The SMILES string of the molecule is COc1ccc(CCC(=O)N[C@@H](C)c2nc3ccccc3n2C)cc1. The van der Waals surface area contributed by atoms with Crippen molar-refractivity contribution in [2.24, 2.45) is 7.05 Å². The molecule has 5 heteroatoms. The van der Waals surface area contributed by atoms with Crippen molar-refractivity contribution in [2.45, 2.75) is 25.8 Å². The first kappa shape index (κ1) is 17.0. The van der Waals surface area contributed by atoms with E-state index < -0.39 is 0 Å². The van der Waals surface area contributed by atoms with Crippen LogP contribution in [0.1, 0.15) is 30.8 Å². The minimum Gasteiger partial charge on any atom is -0.497 e. The molecule has 0 saturated carbocycles. The molecule has 5 nitrogen and oxygen atoms in total. The van der Waals surface area contributed by atoms with Crippen LogP contribution in [0, 0.1) is 0 Å². The van der Waals surface area contributed by atoms with Gasteiger partial charge in [-0.2, -0.15) is 0 Å². The number of amides is 1. The normalized spacial score (nSPS) is 12.1. The monoisotopic (exact) mass is 337 g/mol. The van der Waals surface area contributed by atoms with Gasteiger partial charge in [0.05, 0.1) is 24.2 Å². The van der Waals surface area contributed by atoms with E-state index in [1.807, 2.05) is 67.1 Å². The molecular weight excluding hydrogens is 314 g/mol. The lowest BCUT2D eigenvalue weighted by Gasteiger charge is -2.14. The first-order valence-corrected chi connectivity index (χ1v) is 8.42. The van der Waals surface area contributed by atoms with Crippen molar-refractivity contribution >= 4 is 16.9 Å². The fourth-order valence-corrected chi connectivity index (χ4v) is 2.98. The molecule has 0 spiro atoms. The van der Waals surface area contributed by atoms with Gasteiger partial charge in [0.2, 0.25) is 5.91 Å². The number of aromatic nitrogens is 2. The van der Waals surface area contributed by atoms with E-state index >= 15 is 0 Å². The molecule has 3 rings (SSSR count). The van der Waals surface area contributed by atoms with Gasteiger partial charge in [0.15, 0.2) is 0 Å². The summed E-state index contributed by atoms with van der Waals surface area (Å²) < 4.78 is 7.18. The van der Waals surface area contributed by atoms with E-state index in [0.29, 0.717) is 12.8 Å². The molecule has 1 N–H and O–H groups in total. The minimum atomic E-state index is -0.138. The topological polar surface area (TPSA) is 56.1 Å². The van der Waals surface area contributed by atoms with Crippen molar-refractivity contribution < 1.29 is 9.53 Å². The van der Waals surface area contributed by atoms with E-state index in [1.54, 1.807) is 7.11 Å². The number of nitrogens with one attached hydrogen (secondary N) is 1. The number of ether oxygens (including phenoxy) is 1. The number of carbonyl (C=O) groups excluding carboxylic acids is 1. The molecular formula is C20H23N3O2. The lowest BCUT2D eigenvalue weighted by Crippen LogP contribution is -2.28. The molecule has 0 radical (unpaired) electrons. The second-order valence-corrected chi connectivity index (χ2v) is 6.16. The van der Waals surface area contributed by atoms with Crippen molar-refractivity contribution in [3.05, 3.63) is 59.9 Å². The van der Waals surface area contributed by atoms with Crippen LogP contribution in [0.3, 0.4) is 0 Å². The van der Waals surface area contributed by atoms with Gasteiger partial charge in [-0.1, -0.05) is 24.3 Å². The molecule has 2 aromatic carbocycles. The van der Waals surface area contributed by atoms with E-state index in [2.05, 4.69) is 10.3 Å². The number of benzene rings is 2. The molecule has 1 atom stereocenters. The number of fused-ring (bicyclic) bond motifs is 1. The zero-order chi connectivity index (χ0) is 17.8. The molecule has 0 aliphatic heterocycles. The van der Waals surface area contributed by atoms with Gasteiger partial charge < -0.3 is 14.6 Å². The number of methoxy groups -OCH3 is 1. The standard InChI is InChI=1S/C20H23N3O2/c1-14(20-22-17-6-4-5-7-18(17)23(20)2)21-19(24)13-10-15-8-11-16(25-3)12-9-15/h4-9,11-12,14H,10,13H2,1-3H3,(H,21,24)/t14-/m0/s1. The van der Waals surface area contributed by atoms with Gasteiger partial charge in [-0.15, -0.1) is 0 Å². The van der Waals surface area contributed by atoms with Crippen molar-refractivity contribution in [1.29, 1.82) is 0 Å². The number of hydrogen-bond donors (Lipinski definition) is 1. The maximum Gasteiger partial charge on any atom is 0.220 e. The molecule has 3 aromatic rings. The van der Waals surface area contributed by atoms with Crippen LogP contribution in [0.4, 0.5) is 0 Å². The van der Waals surface area contributed by atoms with E-state index in [0.717, 1.165) is 28.2 Å². The van der Waals surface area contributed by atoms with Crippen LogP contribution in [0.25, 0.3) is 11.0 Å². The van der Waals surface area contributed by atoms with Crippen LogP contribution in [-0.2, 0) is 18.3 Å². The highest BCUT2D eigenvalue weighted by molar-refractivity contribution is 5.78. The minimum absolute atomic E-state index is 0.0235. The molecule has 0 fully saturated rings. The van der Waals surface area contributed by atoms with Crippen LogP contribution in [-0.4, -0.2) is 22.6 Å². The van der Waals surface area contributed by atoms with Crippen molar-refractivity contribution in [2.75, 3.05) is 7.11 Å². The second-order valence-electron chi connectivity index (χ2n) is 6.16. The predicted molar refractivity (Wildman–Crippen MR) is 98.6 cm³/mol. The van der Waals surface area contributed by atoms with Crippen LogP contribution in [0.15, 0.2) is 48.5 Å². The van der Waals surface area contributed by atoms with Gasteiger partial charge in [0, 0.05) is 13.5 Å². The average molecular weight is 337 g/mol. The van der Waals surface area contributed by atoms with Gasteiger partial charge in [0.1, 0.15) is 11.6 Å². The summed E-state index contributed by atoms with van der Waals surface area (Å²) in [7, 11) is 3.62. The molecule has 0 aliphatic rings. The average Bonchev–Trinajstić information content (AvgIpc) is 2.98. The highest BCUT2D eigenvalue weighted by atomic mass is 16.5. The first-order valence-electron chi connectivity index (χ1n) is 8.42. The number of rotatable bonds is 6. The van der Waals surface area contributed by atoms with Crippen LogP contribution < -0.4 is 10.1 Å². The Balaban J connectivity index is 1.60. The van der Waals surface area contributed by atoms with E-state index in [9.17, 15) is 4.79 Å². The molecule has 25 heavy (non-hydrogen) atoms. The molecule has 1 heterocycles. The molecule has 1 amide bonds. The Kier molecular flexibility index (Phi) is 5.03. The van der Waals surface area contributed by atoms with Crippen LogP contribution >= 0.6 is 0 Å². The number of hydrogen-bond acceptors (Lipinski definition) is 3. The van der Waals surface area contributed by atoms with Gasteiger partial charge in [-0.3, -0.25) is 4.79 Å². The van der Waals surface area contributed by atoms with Crippen molar-refractivity contribution in [1.82, 2.24) is 14.9 Å². The summed E-state index contributed by atoms with van der Waals surface area (Å²) in [5.41, 5.74) is 3.13. The summed E-state index contributed by atoms with van der Waals surface area (Å²) in [6.07, 6.45) is 1.14. The Labute approximate surface area is 147 Å². The third-order valence-electron chi connectivity index (χ3n) is 4.39. The molecule has 1 aromatic heterocycles. The summed E-state index contributed by atoms with van der Waals surface area (Å²) in [4.78, 5) is 16.9. The summed E-state index contributed by atoms with van der Waals surface area (Å²) in [5, 5.41) is 3.04. The lowest BCUT2D eigenvalue weighted by atomic mass is 10.1. The third kappa shape index (κ3) is 3.82. The second kappa shape index (κ2) is 7.38. The Morgan fingerprint density at radius 1 is 1.20 bits per heavy atom. The number of para-hydroxylation sites is 2. The summed E-state index contributed by atoms with van der Waals surface area (Å²) in [5.74, 6) is 1.71. The first-order chi connectivity index (χ1) is 12.1. The quantitative estimate of drug-likeness (QED) is 0.750. The van der Waals surface area contributed by atoms with Gasteiger partial charge in [-0.05, 0) is 43.2 Å². The predicted octanol–water partition coefficient (Wildman–Crippen LogP) is 3.39. The van der Waals surface area contributed by atoms with Crippen LogP contribution in [0.5, 0.6) is 5.75 Å². The maximum atomic E-state index is 12.3. The van der Waals surface area contributed by atoms with Crippen molar-refractivity contribution in [3.63, 3.8) is 0 Å². The van der Waals surface area contributed by atoms with Gasteiger partial charge in [0.25, 0.3) is 0 Å². The Hall–Kier alpha value is -2.82. The zero-order valence-electron chi connectivity index (χ0n) is 14.8. The van der Waals surface area contributed by atoms with Gasteiger partial charge in [-0.25, -0.2) is 4.98 Å². The summed E-state index contributed by atoms with van der Waals surface area (Å²) in [6, 6.07) is 15.6. The smallest absolute Gasteiger partial charge is 0.220 e. The largest absolute Gasteiger partial charge is 0.497 e. The summed E-state index contributed by atoms with van der Waals surface area (Å²) >= 11 is 0. The number of imidazole rings is 1. The molecule has 0 aliphatic carbocycles. The lowest BCUT2D eigenvalue weighted by molar-refractivity contribution is -0.121. The Morgan fingerprint density at radius 2 is 1.92 bits per heavy atom. The molecule has 0 unspecified atom stereocenters. The fourth-order valence-electron chi connectivity index (χ4n) is 2.98. The molecule has 0 bridgehead atoms. The van der Waals surface area contributed by atoms with E-state index in [4.69, 9.17) is 4.74 Å². The number of nitrogens with zero attached hydrogens (tertiary/aromatic N) is 2. The van der Waals surface area contributed by atoms with E-state index in [1.165, 1.54) is 0 Å². The zero-order valence-corrected chi connectivity index (χ0v) is 14.8. The summed E-state index contributed by atoms with van der Waals surface area (Å²) in [6.45, 7) is 1.96.